The molecule has 1 aromatic heterocycles. The number of aromatic nitrogens is 1. The van der Waals surface area contributed by atoms with Gasteiger partial charge in [-0.2, -0.15) is 0 Å². The van der Waals surface area contributed by atoms with Crippen molar-refractivity contribution in [1.29, 1.82) is 0 Å². The van der Waals surface area contributed by atoms with Crippen LogP contribution >= 0.6 is 0 Å². The zero-order valence-corrected chi connectivity index (χ0v) is 19.1. The van der Waals surface area contributed by atoms with Crippen molar-refractivity contribution in [2.75, 3.05) is 14.1 Å². The number of carboxylic acids is 1. The maximum Gasteiger partial charge on any atom is 0.414 e. The molecule has 1 heterocycles. The van der Waals surface area contributed by atoms with Gasteiger partial charge in [0, 0.05) is 38.8 Å². The van der Waals surface area contributed by atoms with E-state index in [0.717, 1.165) is 43.2 Å². The normalized spacial score (nSPS) is 18.7. The minimum absolute atomic E-state index is 0.142. The Morgan fingerprint density at radius 1 is 1.12 bits per heavy atom. The fourth-order valence-corrected chi connectivity index (χ4v) is 4.22. The Morgan fingerprint density at radius 2 is 1.85 bits per heavy atom. The second-order valence-corrected chi connectivity index (χ2v) is 8.73. The molecule has 0 saturated heterocycles. The molecule has 1 saturated carbocycles. The monoisotopic (exact) mass is 453 g/mol. The summed E-state index contributed by atoms with van der Waals surface area (Å²) in [6.45, 7) is 0. The van der Waals surface area contributed by atoms with Crippen molar-refractivity contribution in [3.05, 3.63) is 59.9 Å². The molecule has 2 amide bonds. The predicted molar refractivity (Wildman–Crippen MR) is 123 cm³/mol. The van der Waals surface area contributed by atoms with Gasteiger partial charge in [0.25, 0.3) is 0 Å². The number of hydrogen-bond acceptors (Lipinski definition) is 5. The summed E-state index contributed by atoms with van der Waals surface area (Å²) in [5.41, 5.74) is 1.81. The second-order valence-electron chi connectivity index (χ2n) is 8.73. The van der Waals surface area contributed by atoms with E-state index in [2.05, 4.69) is 10.3 Å². The highest BCUT2D eigenvalue weighted by Gasteiger charge is 2.33. The summed E-state index contributed by atoms with van der Waals surface area (Å²) >= 11 is 0. The van der Waals surface area contributed by atoms with Crippen molar-refractivity contribution in [3.63, 3.8) is 0 Å². The molecule has 3 rings (SSSR count). The maximum absolute atomic E-state index is 13.1. The average Bonchev–Trinajstić information content (AvgIpc) is 2.80. The Morgan fingerprint density at radius 3 is 2.48 bits per heavy atom. The Labute approximate surface area is 194 Å². The van der Waals surface area contributed by atoms with E-state index in [1.807, 2.05) is 18.3 Å². The molecule has 33 heavy (non-hydrogen) atoms. The van der Waals surface area contributed by atoms with Gasteiger partial charge in [0.05, 0.1) is 0 Å². The lowest BCUT2D eigenvalue weighted by Gasteiger charge is -2.31. The smallest absolute Gasteiger partial charge is 0.414 e. The number of carbonyl (C=O) groups is 3. The minimum Gasteiger partial charge on any atom is -0.480 e. The van der Waals surface area contributed by atoms with E-state index in [-0.39, 0.29) is 24.2 Å². The van der Waals surface area contributed by atoms with E-state index in [0.29, 0.717) is 5.75 Å². The Bertz CT molecular complexity index is 946. The summed E-state index contributed by atoms with van der Waals surface area (Å²) in [5, 5.41) is 12.5. The van der Waals surface area contributed by atoms with Crippen LogP contribution in [-0.2, 0) is 22.4 Å². The first-order valence-electron chi connectivity index (χ1n) is 11.2. The Kier molecular flexibility index (Phi) is 8.40. The van der Waals surface area contributed by atoms with Gasteiger partial charge in [-0.25, -0.2) is 9.59 Å². The fourth-order valence-electron chi connectivity index (χ4n) is 4.22. The van der Waals surface area contributed by atoms with E-state index >= 15 is 0 Å². The average molecular weight is 454 g/mol. The van der Waals surface area contributed by atoms with E-state index in [4.69, 9.17) is 4.74 Å². The molecular weight excluding hydrogens is 422 g/mol. The van der Waals surface area contributed by atoms with Gasteiger partial charge in [0.15, 0.2) is 0 Å². The molecule has 2 N–H and O–H groups in total. The first-order chi connectivity index (χ1) is 15.8. The van der Waals surface area contributed by atoms with Crippen LogP contribution in [0.25, 0.3) is 0 Å². The lowest BCUT2D eigenvalue weighted by Crippen LogP contribution is -2.47. The lowest BCUT2D eigenvalue weighted by molar-refractivity contribution is -0.143. The van der Waals surface area contributed by atoms with Crippen LogP contribution in [0.5, 0.6) is 5.75 Å². The first kappa shape index (κ1) is 24.2. The van der Waals surface area contributed by atoms with Gasteiger partial charge in [0.2, 0.25) is 5.91 Å². The van der Waals surface area contributed by atoms with Gasteiger partial charge in [0.1, 0.15) is 11.8 Å². The molecule has 0 radical (unpaired) electrons. The van der Waals surface area contributed by atoms with Crippen molar-refractivity contribution in [2.45, 2.75) is 44.6 Å². The van der Waals surface area contributed by atoms with Gasteiger partial charge < -0.3 is 20.1 Å². The van der Waals surface area contributed by atoms with E-state index < -0.39 is 18.1 Å². The first-order valence-corrected chi connectivity index (χ1v) is 11.2. The molecule has 2 aromatic rings. The third kappa shape index (κ3) is 7.03. The molecule has 8 nitrogen and oxygen atoms in total. The third-order valence-corrected chi connectivity index (χ3v) is 6.01. The number of benzene rings is 1. The minimum atomic E-state index is -1.08. The van der Waals surface area contributed by atoms with Gasteiger partial charge in [-0.3, -0.25) is 9.78 Å². The largest absolute Gasteiger partial charge is 0.480 e. The van der Waals surface area contributed by atoms with Crippen LogP contribution in [-0.4, -0.2) is 53.1 Å². The summed E-state index contributed by atoms with van der Waals surface area (Å²) in [4.78, 5) is 42.1. The SMILES string of the molecule is CN(C)C(=O)Oc1ccc(CC(NC(=O)[C@H]2CCCC[C@@H]2Cc2cccnc2)C(=O)O)cc1. The van der Waals surface area contributed by atoms with E-state index in [9.17, 15) is 19.5 Å². The molecular formula is C25H31N3O5. The van der Waals surface area contributed by atoms with Crippen LogP contribution in [0.3, 0.4) is 0 Å². The summed E-state index contributed by atoms with van der Waals surface area (Å²) in [6, 6.07) is 9.49. The quantitative estimate of drug-likeness (QED) is 0.635. The molecule has 0 aliphatic heterocycles. The van der Waals surface area contributed by atoms with Crippen LogP contribution in [0.2, 0.25) is 0 Å². The molecule has 0 spiro atoms. The number of pyridine rings is 1. The highest BCUT2D eigenvalue weighted by Crippen LogP contribution is 2.33. The number of amides is 2. The molecule has 8 heteroatoms. The molecule has 1 aliphatic rings. The molecule has 1 unspecified atom stereocenters. The fraction of sp³-hybridized carbons (Fsp3) is 0.440. The maximum atomic E-state index is 13.1. The van der Waals surface area contributed by atoms with Crippen LogP contribution in [0.4, 0.5) is 4.79 Å². The number of aliphatic carboxylic acids is 1. The zero-order valence-electron chi connectivity index (χ0n) is 19.1. The topological polar surface area (TPSA) is 109 Å². The second kappa shape index (κ2) is 11.4. The zero-order chi connectivity index (χ0) is 23.8. The molecule has 1 aromatic carbocycles. The number of carbonyl (C=O) groups excluding carboxylic acids is 2. The number of nitrogens with one attached hydrogen (secondary N) is 1. The lowest BCUT2D eigenvalue weighted by atomic mass is 9.75. The van der Waals surface area contributed by atoms with E-state index in [1.54, 1.807) is 44.6 Å². The molecule has 1 aliphatic carbocycles. The van der Waals surface area contributed by atoms with Crippen molar-refractivity contribution in [2.24, 2.45) is 11.8 Å². The Balaban J connectivity index is 1.63. The number of rotatable bonds is 8. The highest BCUT2D eigenvalue weighted by molar-refractivity contribution is 5.85. The summed E-state index contributed by atoms with van der Waals surface area (Å²) in [7, 11) is 3.18. The number of hydrogen-bond donors (Lipinski definition) is 2. The van der Waals surface area contributed by atoms with Crippen molar-refractivity contribution >= 4 is 18.0 Å². The van der Waals surface area contributed by atoms with Crippen LogP contribution < -0.4 is 10.1 Å². The van der Waals surface area contributed by atoms with Gasteiger partial charge in [-0.15, -0.1) is 0 Å². The predicted octanol–water partition coefficient (Wildman–Crippen LogP) is 3.30. The summed E-state index contributed by atoms with van der Waals surface area (Å²) < 4.78 is 5.18. The molecule has 0 bridgehead atoms. The standard InChI is InChI=1S/C25H31N3O5/c1-28(2)25(32)33-20-11-9-17(10-12-20)15-22(24(30)31)27-23(29)21-8-4-3-7-19(21)14-18-6-5-13-26-16-18/h5-6,9-13,16,19,21-22H,3-4,7-8,14-15H2,1-2H3,(H,27,29)(H,30,31)/t19-,21+,22?/m1/s1. The van der Waals surface area contributed by atoms with Gasteiger partial charge >= 0.3 is 12.1 Å². The number of ether oxygens (including phenoxy) is 1. The van der Waals surface area contributed by atoms with Crippen molar-refractivity contribution in [1.82, 2.24) is 15.2 Å². The molecule has 3 atom stereocenters. The number of carboxylic acid groups (broad SMARTS) is 1. The van der Waals surface area contributed by atoms with E-state index in [1.165, 1.54) is 4.90 Å². The van der Waals surface area contributed by atoms with Crippen LogP contribution in [0, 0.1) is 11.8 Å². The third-order valence-electron chi connectivity index (χ3n) is 6.01. The Hall–Kier alpha value is -3.42. The molecule has 176 valence electrons. The highest BCUT2D eigenvalue weighted by atomic mass is 16.6. The molecule has 1 fully saturated rings. The van der Waals surface area contributed by atoms with Gasteiger partial charge in [-0.1, -0.05) is 31.0 Å². The van der Waals surface area contributed by atoms with Crippen molar-refractivity contribution < 1.29 is 24.2 Å². The summed E-state index contributed by atoms with van der Waals surface area (Å²) in [5.74, 6) is -0.955. The van der Waals surface area contributed by atoms with Crippen LogP contribution in [0.1, 0.15) is 36.8 Å². The number of nitrogens with zero attached hydrogens (tertiary/aromatic N) is 2. The van der Waals surface area contributed by atoms with Gasteiger partial charge in [-0.05, 0) is 54.5 Å². The van der Waals surface area contributed by atoms with Crippen molar-refractivity contribution in [3.8, 4) is 5.75 Å². The summed E-state index contributed by atoms with van der Waals surface area (Å²) in [6.07, 6.45) is 7.70. The van der Waals surface area contributed by atoms with Crippen LogP contribution in [0.15, 0.2) is 48.8 Å².